The van der Waals surface area contributed by atoms with E-state index in [1.54, 1.807) is 0 Å². The van der Waals surface area contributed by atoms with Crippen molar-refractivity contribution >= 4 is 6.72 Å². The van der Waals surface area contributed by atoms with E-state index < -0.39 is 0 Å². The average molecular weight is 250 g/mol. The molecule has 1 aromatic rings. The maximum atomic E-state index is 5.83. The molecule has 0 aliphatic heterocycles. The van der Waals surface area contributed by atoms with E-state index in [1.165, 1.54) is 12.6 Å². The van der Waals surface area contributed by atoms with Gasteiger partial charge < -0.3 is 9.68 Å². The van der Waals surface area contributed by atoms with Crippen LogP contribution >= 0.6 is 0 Å². The molecule has 0 fully saturated rings. The van der Waals surface area contributed by atoms with E-state index in [4.69, 9.17) is 11.4 Å². The first-order valence-electron chi connectivity index (χ1n) is 6.14. The number of benzene rings is 1. The molecule has 1 aromatic carbocycles. The van der Waals surface area contributed by atoms with Gasteiger partial charge in [-0.2, -0.15) is 0 Å². The molecule has 0 amide bonds. The summed E-state index contributed by atoms with van der Waals surface area (Å²) in [6, 6.07) is 8.04. The highest BCUT2D eigenvalue weighted by atomic mass is 16.6. The molecule has 0 radical (unpaired) electrons. The summed E-state index contributed by atoms with van der Waals surface area (Å²) in [5.74, 6) is 0. The highest BCUT2D eigenvalue weighted by molar-refractivity contribution is 5.25. The van der Waals surface area contributed by atoms with E-state index in [0.717, 1.165) is 5.56 Å². The van der Waals surface area contributed by atoms with Gasteiger partial charge in [0, 0.05) is 6.72 Å². The number of rotatable bonds is 3. The third-order valence-corrected chi connectivity index (χ3v) is 1.57. The minimum atomic E-state index is 0.510. The first-order valence-corrected chi connectivity index (χ1v) is 6.14. The Morgan fingerprint density at radius 2 is 1.67 bits per heavy atom. The summed E-state index contributed by atoms with van der Waals surface area (Å²) < 4.78 is 0. The molecule has 1 rings (SSSR count). The van der Waals surface area contributed by atoms with E-state index in [1.807, 2.05) is 58.9 Å². The second-order valence-corrected chi connectivity index (χ2v) is 2.55. The fraction of sp³-hybridized carbons (Fsp3) is 0.467. The molecule has 102 valence electrons. The third-order valence-electron chi connectivity index (χ3n) is 1.57. The van der Waals surface area contributed by atoms with Gasteiger partial charge in [0.05, 0.1) is 0 Å². The number of aryl methyl sites for hydroxylation is 1. The lowest BCUT2D eigenvalue weighted by atomic mass is 10.1. The molecular weight excluding hydrogens is 224 g/mol. The summed E-state index contributed by atoms with van der Waals surface area (Å²) in [4.78, 5) is 7.56. The zero-order chi connectivity index (χ0) is 14.8. The predicted octanol–water partition coefficient (Wildman–Crippen LogP) is 4.72. The summed E-state index contributed by atoms with van der Waals surface area (Å²) in [5, 5.41) is 3.32. The molecule has 0 aliphatic rings. The molecular formula is C15H26N2O. The fourth-order valence-corrected chi connectivity index (χ4v) is 0.887. The number of hydrogen-bond acceptors (Lipinski definition) is 2. The van der Waals surface area contributed by atoms with Crippen molar-refractivity contribution in [3.8, 4) is 0 Å². The minimum absolute atomic E-state index is 0.510. The van der Waals surface area contributed by atoms with E-state index in [0.29, 0.717) is 6.61 Å². The van der Waals surface area contributed by atoms with Crippen LogP contribution in [0.5, 0.6) is 0 Å². The van der Waals surface area contributed by atoms with Gasteiger partial charge in [-0.25, -0.2) is 6.57 Å². The van der Waals surface area contributed by atoms with Crippen molar-refractivity contribution in [3.05, 3.63) is 46.8 Å². The normalized spacial score (nSPS) is 6.72. The maximum absolute atomic E-state index is 5.83. The highest BCUT2D eigenvalue weighted by Crippen LogP contribution is 2.07. The molecule has 0 aliphatic carbocycles. The zero-order valence-electron chi connectivity index (χ0n) is 12.5. The Balaban J connectivity index is -0.000000274. The summed E-state index contributed by atoms with van der Waals surface area (Å²) in [5.41, 5.74) is 2.37. The van der Waals surface area contributed by atoms with Gasteiger partial charge in [-0.3, -0.25) is 0 Å². The number of hydrogen-bond donors (Lipinski definition) is 0. The molecule has 0 spiro atoms. The lowest BCUT2D eigenvalue weighted by molar-refractivity contribution is 0.133. The van der Waals surface area contributed by atoms with Crippen LogP contribution in [-0.4, -0.2) is 13.8 Å². The van der Waals surface area contributed by atoms with Crippen molar-refractivity contribution in [2.45, 2.75) is 41.2 Å². The van der Waals surface area contributed by atoms with Gasteiger partial charge in [0.25, 0.3) is 0 Å². The van der Waals surface area contributed by atoms with Crippen molar-refractivity contribution in [3.63, 3.8) is 0 Å². The van der Waals surface area contributed by atoms with Crippen LogP contribution in [0.15, 0.2) is 29.4 Å². The van der Waals surface area contributed by atoms with Gasteiger partial charge in [-0.1, -0.05) is 52.0 Å². The quantitative estimate of drug-likeness (QED) is 0.433. The molecule has 3 heteroatoms. The monoisotopic (exact) mass is 250 g/mol. The average Bonchev–Trinajstić information content (AvgIpc) is 2.43. The van der Waals surface area contributed by atoms with Crippen LogP contribution in [0.25, 0.3) is 4.85 Å². The van der Waals surface area contributed by atoms with Crippen molar-refractivity contribution in [2.75, 3.05) is 7.05 Å². The first-order chi connectivity index (χ1) is 8.76. The molecule has 0 atom stereocenters. The molecule has 0 N–H and O–H groups in total. The largest absolute Gasteiger partial charge is 0.391 e. The van der Waals surface area contributed by atoms with Crippen LogP contribution in [0.3, 0.4) is 0 Å². The van der Waals surface area contributed by atoms with Gasteiger partial charge in [0.15, 0.2) is 0 Å². The van der Waals surface area contributed by atoms with Crippen LogP contribution in [0.2, 0.25) is 0 Å². The summed E-state index contributed by atoms with van der Waals surface area (Å²) in [6.45, 7) is 19.6. The Kier molecular flexibility index (Phi) is 24.5. The molecule has 0 unspecified atom stereocenters. The van der Waals surface area contributed by atoms with Crippen molar-refractivity contribution in [2.24, 2.45) is 5.16 Å². The van der Waals surface area contributed by atoms with Gasteiger partial charge in [-0.05, 0) is 18.1 Å². The van der Waals surface area contributed by atoms with E-state index in [-0.39, 0.29) is 0 Å². The number of oxime groups is 1. The lowest BCUT2D eigenvalue weighted by Crippen LogP contribution is -1.89. The molecule has 18 heavy (non-hydrogen) atoms. The standard InChI is InChI=1S/C9H11NO.C2H3N.2C2H6/c1-8-5-3-4-6-9(8)7-11-10-2;1-3-2;2*1-2/h3-6H,2,7H2,1H3;1H3;2*1-2H3. The number of nitrogens with zero attached hydrogens (tertiary/aromatic N) is 2. The Morgan fingerprint density at radius 1 is 1.22 bits per heavy atom. The first kappa shape index (κ1) is 21.5. The SMILES string of the molecule is C=NOCc1ccccc1C.CC.CC.[C-]#[N+]C. The Hall–Kier alpha value is -1.82. The summed E-state index contributed by atoms with van der Waals surface area (Å²) in [6.07, 6.45) is 0. The van der Waals surface area contributed by atoms with Crippen molar-refractivity contribution < 1.29 is 4.84 Å². The van der Waals surface area contributed by atoms with Gasteiger partial charge >= 0.3 is 0 Å². The van der Waals surface area contributed by atoms with Gasteiger partial charge in [0.1, 0.15) is 6.61 Å². The second kappa shape index (κ2) is 20.6. The highest BCUT2D eigenvalue weighted by Gasteiger charge is 1.94. The summed E-state index contributed by atoms with van der Waals surface area (Å²) in [7, 11) is 1.42. The fourth-order valence-electron chi connectivity index (χ4n) is 0.887. The molecule has 0 bridgehead atoms. The molecule has 0 aromatic heterocycles. The zero-order valence-corrected chi connectivity index (χ0v) is 12.5. The maximum Gasteiger partial charge on any atom is 0.205 e. The molecule has 3 nitrogen and oxygen atoms in total. The minimum Gasteiger partial charge on any atom is -0.391 e. The third kappa shape index (κ3) is 14.2. The smallest absolute Gasteiger partial charge is 0.205 e. The topological polar surface area (TPSA) is 25.9 Å². The lowest BCUT2D eigenvalue weighted by Gasteiger charge is -2.01. The molecule has 0 saturated heterocycles. The van der Waals surface area contributed by atoms with E-state index in [9.17, 15) is 0 Å². The Morgan fingerprint density at radius 3 is 2.06 bits per heavy atom. The van der Waals surface area contributed by atoms with Crippen LogP contribution in [0, 0.1) is 13.5 Å². The van der Waals surface area contributed by atoms with E-state index >= 15 is 0 Å². The van der Waals surface area contributed by atoms with Crippen molar-refractivity contribution in [1.82, 2.24) is 0 Å². The predicted molar refractivity (Wildman–Crippen MR) is 80.7 cm³/mol. The Labute approximate surface area is 112 Å². The van der Waals surface area contributed by atoms with Crippen LogP contribution in [0.4, 0.5) is 0 Å². The second-order valence-electron chi connectivity index (χ2n) is 2.55. The molecule has 0 saturated carbocycles. The van der Waals surface area contributed by atoms with E-state index in [2.05, 4.69) is 16.7 Å². The van der Waals surface area contributed by atoms with Crippen LogP contribution in [-0.2, 0) is 11.4 Å². The van der Waals surface area contributed by atoms with Crippen LogP contribution in [0.1, 0.15) is 38.8 Å². The van der Waals surface area contributed by atoms with Gasteiger partial charge in [0.2, 0.25) is 7.05 Å². The van der Waals surface area contributed by atoms with Crippen molar-refractivity contribution in [1.29, 1.82) is 0 Å². The molecule has 0 heterocycles. The Bertz CT molecular complexity index is 317. The van der Waals surface area contributed by atoms with Crippen LogP contribution < -0.4 is 0 Å². The summed E-state index contributed by atoms with van der Waals surface area (Å²) >= 11 is 0. The van der Waals surface area contributed by atoms with Gasteiger partial charge in [-0.15, -0.1) is 5.16 Å².